The number of halogens is 3. The van der Waals surface area contributed by atoms with E-state index in [1.54, 1.807) is 0 Å². The maximum absolute atomic E-state index is 12.5. The molecule has 0 saturated heterocycles. The van der Waals surface area contributed by atoms with E-state index in [-0.39, 0.29) is 11.1 Å². The van der Waals surface area contributed by atoms with Crippen LogP contribution in [0.15, 0.2) is 35.3 Å². The third kappa shape index (κ3) is 2.03. The SMILES string of the molecule is O=c1ccc2cc3nc(C(F)(F)F)cnc3cc2[nH]1. The predicted molar refractivity (Wildman–Crippen MR) is 62.7 cm³/mol. The van der Waals surface area contributed by atoms with E-state index in [1.807, 2.05) is 0 Å². The molecule has 19 heavy (non-hydrogen) atoms. The van der Waals surface area contributed by atoms with Gasteiger partial charge in [0, 0.05) is 11.5 Å². The lowest BCUT2D eigenvalue weighted by Crippen LogP contribution is -2.08. The molecule has 0 aliphatic carbocycles. The number of benzene rings is 1. The van der Waals surface area contributed by atoms with Crippen LogP contribution in [0.2, 0.25) is 0 Å². The minimum absolute atomic E-state index is 0.134. The van der Waals surface area contributed by atoms with Gasteiger partial charge in [0.25, 0.3) is 0 Å². The molecule has 7 heteroatoms. The Morgan fingerprint density at radius 3 is 2.63 bits per heavy atom. The lowest BCUT2D eigenvalue weighted by molar-refractivity contribution is -0.141. The van der Waals surface area contributed by atoms with E-state index in [2.05, 4.69) is 15.0 Å². The van der Waals surface area contributed by atoms with E-state index in [1.165, 1.54) is 24.3 Å². The zero-order valence-corrected chi connectivity index (χ0v) is 9.32. The molecule has 2 heterocycles. The third-order valence-corrected chi connectivity index (χ3v) is 2.68. The van der Waals surface area contributed by atoms with Gasteiger partial charge in [-0.25, -0.2) is 4.98 Å². The Labute approximate surface area is 103 Å². The summed E-state index contributed by atoms with van der Waals surface area (Å²) >= 11 is 0. The van der Waals surface area contributed by atoms with Gasteiger partial charge in [-0.1, -0.05) is 0 Å². The molecule has 0 aliphatic rings. The Balaban J connectivity index is 2.32. The van der Waals surface area contributed by atoms with E-state index in [0.717, 1.165) is 0 Å². The molecular weight excluding hydrogens is 259 g/mol. The molecule has 0 bridgehead atoms. The van der Waals surface area contributed by atoms with E-state index in [0.29, 0.717) is 22.6 Å². The average Bonchev–Trinajstić information content (AvgIpc) is 2.34. The monoisotopic (exact) mass is 265 g/mol. The summed E-state index contributed by atoms with van der Waals surface area (Å²) < 4.78 is 37.6. The number of aromatic amines is 1. The van der Waals surface area contributed by atoms with Crippen molar-refractivity contribution in [2.45, 2.75) is 6.18 Å². The highest BCUT2D eigenvalue weighted by molar-refractivity contribution is 5.92. The highest BCUT2D eigenvalue weighted by atomic mass is 19.4. The quantitative estimate of drug-likeness (QED) is 0.635. The molecule has 0 saturated carbocycles. The molecule has 0 fully saturated rings. The van der Waals surface area contributed by atoms with Gasteiger partial charge in [-0.15, -0.1) is 0 Å². The van der Waals surface area contributed by atoms with E-state index < -0.39 is 11.9 Å². The molecule has 0 amide bonds. The minimum atomic E-state index is -4.53. The molecule has 0 radical (unpaired) electrons. The zero-order chi connectivity index (χ0) is 13.6. The largest absolute Gasteiger partial charge is 0.434 e. The summed E-state index contributed by atoms with van der Waals surface area (Å²) in [6, 6.07) is 5.78. The van der Waals surface area contributed by atoms with Crippen LogP contribution < -0.4 is 5.56 Å². The fourth-order valence-electron chi connectivity index (χ4n) is 1.80. The number of hydrogen-bond acceptors (Lipinski definition) is 3. The molecule has 3 aromatic rings. The average molecular weight is 265 g/mol. The molecule has 3 rings (SSSR count). The third-order valence-electron chi connectivity index (χ3n) is 2.68. The van der Waals surface area contributed by atoms with E-state index >= 15 is 0 Å². The fraction of sp³-hybridized carbons (Fsp3) is 0.0833. The summed E-state index contributed by atoms with van der Waals surface area (Å²) in [5.74, 6) is 0. The maximum atomic E-state index is 12.5. The number of fused-ring (bicyclic) bond motifs is 2. The number of nitrogens with one attached hydrogen (secondary N) is 1. The molecule has 2 aromatic heterocycles. The number of aromatic nitrogens is 3. The van der Waals surface area contributed by atoms with Crippen LogP contribution in [-0.4, -0.2) is 15.0 Å². The predicted octanol–water partition coefficient (Wildman–Crippen LogP) is 2.49. The van der Waals surface area contributed by atoms with Gasteiger partial charge in [0.1, 0.15) is 0 Å². The standard InChI is InChI=1S/C12H6F3N3O/c13-12(14,15)10-5-16-8-4-7-6(3-9(8)17-10)1-2-11(19)18-7/h1-5H,(H,18,19). The van der Waals surface area contributed by atoms with Gasteiger partial charge in [-0.05, 0) is 18.2 Å². The zero-order valence-electron chi connectivity index (χ0n) is 9.32. The van der Waals surface area contributed by atoms with Crippen molar-refractivity contribution in [1.82, 2.24) is 15.0 Å². The lowest BCUT2D eigenvalue weighted by atomic mass is 10.2. The van der Waals surface area contributed by atoms with Crippen molar-refractivity contribution in [2.75, 3.05) is 0 Å². The van der Waals surface area contributed by atoms with Crippen LogP contribution in [0.4, 0.5) is 13.2 Å². The molecule has 96 valence electrons. The van der Waals surface area contributed by atoms with Crippen molar-refractivity contribution in [3.8, 4) is 0 Å². The van der Waals surface area contributed by atoms with Crippen molar-refractivity contribution in [3.63, 3.8) is 0 Å². The summed E-state index contributed by atoms with van der Waals surface area (Å²) in [4.78, 5) is 21.0. The second-order valence-corrected chi connectivity index (χ2v) is 4.00. The summed E-state index contributed by atoms with van der Waals surface area (Å²) in [6.45, 7) is 0. The number of hydrogen-bond donors (Lipinski definition) is 1. The minimum Gasteiger partial charge on any atom is -0.322 e. The first-order chi connectivity index (χ1) is 8.93. The first-order valence-corrected chi connectivity index (χ1v) is 5.30. The molecule has 1 aromatic carbocycles. The summed E-state index contributed by atoms with van der Waals surface area (Å²) in [7, 11) is 0. The first-order valence-electron chi connectivity index (χ1n) is 5.30. The van der Waals surface area contributed by atoms with Gasteiger partial charge in [-0.2, -0.15) is 13.2 Å². The number of pyridine rings is 1. The van der Waals surface area contributed by atoms with Gasteiger partial charge >= 0.3 is 6.18 Å². The number of H-pyrrole nitrogens is 1. The van der Waals surface area contributed by atoms with Gasteiger partial charge < -0.3 is 4.98 Å². The van der Waals surface area contributed by atoms with Crippen LogP contribution in [-0.2, 0) is 6.18 Å². The Kier molecular flexibility index (Phi) is 2.31. The topological polar surface area (TPSA) is 58.6 Å². The van der Waals surface area contributed by atoms with Gasteiger partial charge in [0.2, 0.25) is 5.56 Å². The first kappa shape index (κ1) is 11.6. The summed E-state index contributed by atoms with van der Waals surface area (Å²) in [5, 5.41) is 0.598. The number of alkyl halides is 3. The van der Waals surface area contributed by atoms with Crippen LogP contribution in [0.3, 0.4) is 0 Å². The van der Waals surface area contributed by atoms with Crippen molar-refractivity contribution in [1.29, 1.82) is 0 Å². The number of rotatable bonds is 0. The Hall–Kier alpha value is -2.44. The second kappa shape index (κ2) is 3.78. The smallest absolute Gasteiger partial charge is 0.322 e. The van der Waals surface area contributed by atoms with Crippen LogP contribution in [0.1, 0.15) is 5.69 Å². The van der Waals surface area contributed by atoms with Crippen molar-refractivity contribution < 1.29 is 13.2 Å². The molecule has 0 aliphatic heterocycles. The van der Waals surface area contributed by atoms with Crippen molar-refractivity contribution in [2.24, 2.45) is 0 Å². The normalized spacial score (nSPS) is 12.2. The lowest BCUT2D eigenvalue weighted by Gasteiger charge is -2.06. The van der Waals surface area contributed by atoms with E-state index in [9.17, 15) is 18.0 Å². The second-order valence-electron chi connectivity index (χ2n) is 4.00. The Bertz CT molecular complexity index is 839. The van der Waals surface area contributed by atoms with Crippen LogP contribution in [0.5, 0.6) is 0 Å². The Morgan fingerprint density at radius 2 is 1.89 bits per heavy atom. The molecule has 0 unspecified atom stereocenters. The molecular formula is C12H6F3N3O. The summed E-state index contributed by atoms with van der Waals surface area (Å²) in [5.41, 5.74) is -0.388. The fourth-order valence-corrected chi connectivity index (χ4v) is 1.80. The molecule has 1 N–H and O–H groups in total. The van der Waals surface area contributed by atoms with Gasteiger partial charge in [0.15, 0.2) is 5.69 Å². The molecule has 4 nitrogen and oxygen atoms in total. The van der Waals surface area contributed by atoms with Gasteiger partial charge in [-0.3, -0.25) is 9.78 Å². The molecule has 0 atom stereocenters. The maximum Gasteiger partial charge on any atom is 0.434 e. The van der Waals surface area contributed by atoms with Crippen LogP contribution in [0, 0.1) is 0 Å². The molecule has 0 spiro atoms. The Morgan fingerprint density at radius 1 is 1.11 bits per heavy atom. The van der Waals surface area contributed by atoms with Crippen LogP contribution in [0.25, 0.3) is 21.9 Å². The van der Waals surface area contributed by atoms with E-state index in [4.69, 9.17) is 0 Å². The highest BCUT2D eigenvalue weighted by Gasteiger charge is 2.33. The summed E-state index contributed by atoms with van der Waals surface area (Å²) in [6.07, 6.45) is -3.85. The highest BCUT2D eigenvalue weighted by Crippen LogP contribution is 2.28. The van der Waals surface area contributed by atoms with Gasteiger partial charge in [0.05, 0.1) is 22.7 Å². The van der Waals surface area contributed by atoms with Crippen molar-refractivity contribution in [3.05, 3.63) is 46.5 Å². The number of nitrogens with zero attached hydrogens (tertiary/aromatic N) is 2. The van der Waals surface area contributed by atoms with Crippen LogP contribution >= 0.6 is 0 Å². The van der Waals surface area contributed by atoms with Crippen molar-refractivity contribution >= 4 is 21.9 Å².